The Kier molecular flexibility index (Phi) is 3.77. The van der Waals surface area contributed by atoms with Crippen LogP contribution in [0.15, 0.2) is 45.9 Å². The number of fused-ring (bicyclic) bond motifs is 1. The third kappa shape index (κ3) is 2.45. The molecule has 1 aromatic heterocycles. The molecular formula is C17H15NO4S. The first-order chi connectivity index (χ1) is 10.9. The van der Waals surface area contributed by atoms with Crippen LogP contribution in [-0.2, 0) is 9.59 Å². The molecule has 23 heavy (non-hydrogen) atoms. The summed E-state index contributed by atoms with van der Waals surface area (Å²) in [6.07, 6.45) is 0. The molecule has 5 nitrogen and oxygen atoms in total. The molecule has 2 aromatic rings. The molecule has 0 spiro atoms. The van der Waals surface area contributed by atoms with Gasteiger partial charge in [0.1, 0.15) is 5.92 Å². The summed E-state index contributed by atoms with van der Waals surface area (Å²) in [4.78, 5) is 27.7. The van der Waals surface area contributed by atoms with Gasteiger partial charge < -0.3 is 10.2 Å². The standard InChI is InChI=1S/C17H15NO4S/c1-8-13(16(19)20)15(14(17(21)22)9(2)18-8)11-7-23-12-6-4-3-5-10(11)12/h3-7,13,15H,1-2H3,(H,19,20)(H,21,22)/t13-,15?/m1/s1. The minimum Gasteiger partial charge on any atom is -0.481 e. The number of aliphatic imine (C=N–C) groups is 1. The van der Waals surface area contributed by atoms with Gasteiger partial charge in [-0.15, -0.1) is 11.3 Å². The van der Waals surface area contributed by atoms with Gasteiger partial charge in [-0.2, -0.15) is 0 Å². The van der Waals surface area contributed by atoms with Gasteiger partial charge in [0.25, 0.3) is 0 Å². The van der Waals surface area contributed by atoms with Crippen molar-refractivity contribution in [3.63, 3.8) is 0 Å². The van der Waals surface area contributed by atoms with Crippen LogP contribution in [0.2, 0.25) is 0 Å². The molecule has 1 unspecified atom stereocenters. The molecule has 0 bridgehead atoms. The Bertz CT molecular complexity index is 878. The summed E-state index contributed by atoms with van der Waals surface area (Å²) in [6.45, 7) is 3.26. The lowest BCUT2D eigenvalue weighted by molar-refractivity contribution is -0.140. The van der Waals surface area contributed by atoms with Gasteiger partial charge in [-0.05, 0) is 36.2 Å². The molecule has 2 heterocycles. The number of nitrogens with zero attached hydrogens (tertiary/aromatic N) is 1. The summed E-state index contributed by atoms with van der Waals surface area (Å²) >= 11 is 1.49. The molecule has 3 rings (SSSR count). The van der Waals surface area contributed by atoms with Crippen LogP contribution in [0.3, 0.4) is 0 Å². The molecule has 2 N–H and O–H groups in total. The molecule has 0 saturated carbocycles. The monoisotopic (exact) mass is 329 g/mol. The van der Waals surface area contributed by atoms with Crippen molar-refractivity contribution in [1.29, 1.82) is 0 Å². The molecule has 1 aliphatic heterocycles. The van der Waals surface area contributed by atoms with Gasteiger partial charge in [0.05, 0.1) is 5.57 Å². The SMILES string of the molecule is CC1=NC(C)=C(C(=O)O)C(c2csc3ccccc23)[C@@H]1C(=O)O. The zero-order valence-corrected chi connectivity index (χ0v) is 13.4. The van der Waals surface area contributed by atoms with Crippen LogP contribution in [0.25, 0.3) is 10.1 Å². The second-order valence-corrected chi connectivity index (χ2v) is 6.45. The molecule has 118 valence electrons. The van der Waals surface area contributed by atoms with E-state index in [1.165, 1.54) is 11.3 Å². The van der Waals surface area contributed by atoms with Gasteiger partial charge in [-0.1, -0.05) is 18.2 Å². The number of thiophene rings is 1. The molecular weight excluding hydrogens is 314 g/mol. The van der Waals surface area contributed by atoms with Gasteiger partial charge in [0, 0.05) is 22.0 Å². The summed E-state index contributed by atoms with van der Waals surface area (Å²) in [5.74, 6) is -3.88. The highest BCUT2D eigenvalue weighted by Crippen LogP contribution is 2.43. The number of carboxylic acids is 2. The van der Waals surface area contributed by atoms with Crippen molar-refractivity contribution in [2.45, 2.75) is 19.8 Å². The van der Waals surface area contributed by atoms with E-state index in [0.29, 0.717) is 11.4 Å². The molecule has 1 aromatic carbocycles. The van der Waals surface area contributed by atoms with E-state index in [4.69, 9.17) is 0 Å². The van der Waals surface area contributed by atoms with Crippen LogP contribution >= 0.6 is 11.3 Å². The van der Waals surface area contributed by atoms with E-state index in [0.717, 1.165) is 15.6 Å². The highest BCUT2D eigenvalue weighted by molar-refractivity contribution is 7.17. The second kappa shape index (κ2) is 5.62. The van der Waals surface area contributed by atoms with Gasteiger partial charge in [-0.25, -0.2) is 4.79 Å². The first-order valence-electron chi connectivity index (χ1n) is 7.10. The predicted molar refractivity (Wildman–Crippen MR) is 89.1 cm³/mol. The first-order valence-corrected chi connectivity index (χ1v) is 7.98. The zero-order chi connectivity index (χ0) is 16.7. The molecule has 6 heteroatoms. The van der Waals surface area contributed by atoms with Crippen LogP contribution in [0.4, 0.5) is 0 Å². The summed E-state index contributed by atoms with van der Waals surface area (Å²) in [5.41, 5.74) is 1.60. The van der Waals surface area contributed by atoms with Crippen molar-refractivity contribution >= 4 is 39.1 Å². The Morgan fingerprint density at radius 2 is 1.87 bits per heavy atom. The van der Waals surface area contributed by atoms with E-state index in [9.17, 15) is 19.8 Å². The second-order valence-electron chi connectivity index (χ2n) is 5.54. The number of hydrogen-bond donors (Lipinski definition) is 2. The average molecular weight is 329 g/mol. The molecule has 0 saturated heterocycles. The fraction of sp³-hybridized carbons (Fsp3) is 0.235. The van der Waals surface area contributed by atoms with Crippen LogP contribution in [0.1, 0.15) is 25.3 Å². The molecule has 2 atom stereocenters. The van der Waals surface area contributed by atoms with Gasteiger partial charge in [-0.3, -0.25) is 9.79 Å². The number of aliphatic carboxylic acids is 2. The van der Waals surface area contributed by atoms with Crippen LogP contribution in [0.5, 0.6) is 0 Å². The van der Waals surface area contributed by atoms with E-state index in [1.807, 2.05) is 29.6 Å². The predicted octanol–water partition coefficient (Wildman–Crippen LogP) is 3.52. The number of benzene rings is 1. The average Bonchev–Trinajstić information content (AvgIpc) is 2.89. The lowest BCUT2D eigenvalue weighted by Crippen LogP contribution is -2.34. The molecule has 0 radical (unpaired) electrons. The summed E-state index contributed by atoms with van der Waals surface area (Å²) in [7, 11) is 0. The van der Waals surface area contributed by atoms with E-state index in [2.05, 4.69) is 4.99 Å². The highest BCUT2D eigenvalue weighted by atomic mass is 32.1. The van der Waals surface area contributed by atoms with Crippen molar-refractivity contribution in [3.8, 4) is 0 Å². The third-order valence-electron chi connectivity index (χ3n) is 4.17. The number of rotatable bonds is 3. The molecule has 0 fully saturated rings. The van der Waals surface area contributed by atoms with Gasteiger partial charge in [0.2, 0.25) is 0 Å². The largest absolute Gasteiger partial charge is 0.481 e. The fourth-order valence-electron chi connectivity index (χ4n) is 3.21. The Morgan fingerprint density at radius 3 is 2.52 bits per heavy atom. The minimum atomic E-state index is -1.12. The number of hydrogen-bond acceptors (Lipinski definition) is 4. The minimum absolute atomic E-state index is 0.0616. The Morgan fingerprint density at radius 1 is 1.17 bits per heavy atom. The molecule has 0 aliphatic carbocycles. The smallest absolute Gasteiger partial charge is 0.334 e. The van der Waals surface area contributed by atoms with Crippen LogP contribution in [-0.4, -0.2) is 27.9 Å². The Labute approximate surface area is 136 Å². The van der Waals surface area contributed by atoms with Crippen molar-refractivity contribution < 1.29 is 19.8 Å². The van der Waals surface area contributed by atoms with Crippen molar-refractivity contribution in [2.24, 2.45) is 10.9 Å². The van der Waals surface area contributed by atoms with E-state index < -0.39 is 23.8 Å². The van der Waals surface area contributed by atoms with Gasteiger partial charge >= 0.3 is 11.9 Å². The maximum absolute atomic E-state index is 11.8. The summed E-state index contributed by atoms with van der Waals surface area (Å²) in [5, 5.41) is 22.0. The third-order valence-corrected chi connectivity index (χ3v) is 5.15. The Hall–Kier alpha value is -2.47. The number of allylic oxidation sites excluding steroid dienone is 1. The fourth-order valence-corrected chi connectivity index (χ4v) is 4.21. The quantitative estimate of drug-likeness (QED) is 0.902. The maximum Gasteiger partial charge on any atom is 0.334 e. The topological polar surface area (TPSA) is 87.0 Å². The lowest BCUT2D eigenvalue weighted by atomic mass is 9.75. The first kappa shape index (κ1) is 15.4. The highest BCUT2D eigenvalue weighted by Gasteiger charge is 2.41. The molecule has 0 amide bonds. The summed E-state index contributed by atoms with van der Waals surface area (Å²) in [6, 6.07) is 7.62. The van der Waals surface area contributed by atoms with E-state index >= 15 is 0 Å². The number of carbonyl (C=O) groups is 2. The molecule has 1 aliphatic rings. The normalized spacial score (nSPS) is 21.4. The lowest BCUT2D eigenvalue weighted by Gasteiger charge is -2.29. The van der Waals surface area contributed by atoms with Crippen LogP contribution < -0.4 is 0 Å². The van der Waals surface area contributed by atoms with E-state index in [1.54, 1.807) is 13.8 Å². The van der Waals surface area contributed by atoms with Crippen molar-refractivity contribution in [2.75, 3.05) is 0 Å². The van der Waals surface area contributed by atoms with Crippen molar-refractivity contribution in [1.82, 2.24) is 0 Å². The van der Waals surface area contributed by atoms with Gasteiger partial charge in [0.15, 0.2) is 0 Å². The maximum atomic E-state index is 11.8. The zero-order valence-electron chi connectivity index (χ0n) is 12.6. The number of carboxylic acid groups (broad SMARTS) is 2. The van der Waals surface area contributed by atoms with Crippen molar-refractivity contribution in [3.05, 3.63) is 46.5 Å². The Balaban J connectivity index is 2.29. The van der Waals surface area contributed by atoms with E-state index in [-0.39, 0.29) is 5.57 Å². The summed E-state index contributed by atoms with van der Waals surface area (Å²) < 4.78 is 1.01. The van der Waals surface area contributed by atoms with Crippen LogP contribution in [0, 0.1) is 5.92 Å².